The molecule has 3 unspecified atom stereocenters. The van der Waals surface area contributed by atoms with Crippen molar-refractivity contribution in [3.63, 3.8) is 0 Å². The van der Waals surface area contributed by atoms with E-state index in [9.17, 15) is 9.59 Å². The van der Waals surface area contributed by atoms with Crippen LogP contribution in [0.15, 0.2) is 87.7 Å². The van der Waals surface area contributed by atoms with Crippen molar-refractivity contribution < 1.29 is 9.59 Å². The molecule has 0 heterocycles. The quantitative estimate of drug-likeness (QED) is 0.394. The summed E-state index contributed by atoms with van der Waals surface area (Å²) in [5.74, 6) is -0.0653. The van der Waals surface area contributed by atoms with Crippen LogP contribution in [0, 0.1) is 22.0 Å². The number of rotatable bonds is 6. The zero-order valence-electron chi connectivity index (χ0n) is 20.1. The molecular formula is C28H30N6O2. The van der Waals surface area contributed by atoms with Crippen LogP contribution in [-0.4, -0.2) is 23.1 Å². The first-order chi connectivity index (χ1) is 17.4. The second-order valence-electron chi connectivity index (χ2n) is 10.4. The molecule has 184 valence electrons. The summed E-state index contributed by atoms with van der Waals surface area (Å²) in [7, 11) is 0. The van der Waals surface area contributed by atoms with Crippen LogP contribution in [0.3, 0.4) is 0 Å². The molecule has 0 aliphatic heterocycles. The molecule has 36 heavy (non-hydrogen) atoms. The summed E-state index contributed by atoms with van der Waals surface area (Å²) in [5, 5.41) is 11.8. The number of Topliss-reactive ketones (excluding diaryl/α,β-unsaturated/α-hetero) is 1. The van der Waals surface area contributed by atoms with Crippen molar-refractivity contribution in [3.8, 4) is 0 Å². The van der Waals surface area contributed by atoms with Crippen LogP contribution in [0.25, 0.3) is 0 Å². The Balaban J connectivity index is 1.50. The highest BCUT2D eigenvalue weighted by Gasteiger charge is 2.67. The third kappa shape index (κ3) is 3.50. The summed E-state index contributed by atoms with van der Waals surface area (Å²) < 4.78 is 0. The van der Waals surface area contributed by atoms with E-state index >= 15 is 0 Å². The van der Waals surface area contributed by atoms with Crippen molar-refractivity contribution in [2.24, 2.45) is 20.8 Å². The molecule has 0 bridgehead atoms. The summed E-state index contributed by atoms with van der Waals surface area (Å²) in [6.07, 6.45) is 4.54. The van der Waals surface area contributed by atoms with Gasteiger partial charge in [-0.1, -0.05) is 60.7 Å². The zero-order valence-corrected chi connectivity index (χ0v) is 20.1. The van der Waals surface area contributed by atoms with Crippen molar-refractivity contribution >= 4 is 11.6 Å². The number of allylic oxidation sites excluding steroid dienone is 1. The fourth-order valence-electron chi connectivity index (χ4n) is 6.95. The fraction of sp³-hybridized carbons (Fsp3) is 0.429. The molecule has 3 aliphatic rings. The molecule has 3 atom stereocenters. The van der Waals surface area contributed by atoms with Gasteiger partial charge in [-0.2, -0.15) is 15.3 Å². The number of nitrogens with zero attached hydrogens (tertiary/aromatic N) is 3. The van der Waals surface area contributed by atoms with Gasteiger partial charge in [0.1, 0.15) is 17.1 Å². The molecule has 2 fully saturated rings. The van der Waals surface area contributed by atoms with E-state index in [1.807, 2.05) is 60.7 Å². The summed E-state index contributed by atoms with van der Waals surface area (Å²) in [4.78, 5) is 26.5. The van der Waals surface area contributed by atoms with Gasteiger partial charge >= 0.3 is 0 Å². The maximum atomic E-state index is 13.7. The highest BCUT2D eigenvalue weighted by molar-refractivity contribution is 5.95. The lowest BCUT2D eigenvalue weighted by molar-refractivity contribution is -0.132. The first-order valence-corrected chi connectivity index (χ1v) is 12.5. The number of hydrogen-bond donors (Lipinski definition) is 3. The van der Waals surface area contributed by atoms with Crippen molar-refractivity contribution in [1.29, 1.82) is 16.6 Å². The maximum Gasteiger partial charge on any atom is 0.168 e. The second kappa shape index (κ2) is 9.08. The Labute approximate surface area is 210 Å². The number of ketones is 2. The molecule has 0 radical (unpaired) electrons. The molecule has 2 saturated carbocycles. The van der Waals surface area contributed by atoms with Crippen LogP contribution in [-0.2, 0) is 15.1 Å². The Morgan fingerprint density at radius 1 is 0.778 bits per heavy atom. The van der Waals surface area contributed by atoms with E-state index in [1.54, 1.807) is 6.08 Å². The molecule has 0 aromatic heterocycles. The molecule has 1 spiro atoms. The molecule has 3 N–H and O–H groups in total. The molecule has 8 nitrogen and oxygen atoms in total. The lowest BCUT2D eigenvalue weighted by Crippen LogP contribution is -2.50. The van der Waals surface area contributed by atoms with Gasteiger partial charge in [0.05, 0.1) is 5.41 Å². The highest BCUT2D eigenvalue weighted by atomic mass is 16.1. The van der Waals surface area contributed by atoms with Gasteiger partial charge in [0.25, 0.3) is 0 Å². The summed E-state index contributed by atoms with van der Waals surface area (Å²) in [6, 6.07) is 18.6. The minimum Gasteiger partial charge on any atom is -0.296 e. The van der Waals surface area contributed by atoms with E-state index in [-0.39, 0.29) is 23.9 Å². The topological polar surface area (TPSA) is 143 Å². The number of benzene rings is 2. The monoisotopic (exact) mass is 482 g/mol. The zero-order chi connectivity index (χ0) is 25.4. The number of carbonyl (C=O) groups excluding carboxylic acids is 2. The molecule has 3 aliphatic carbocycles. The van der Waals surface area contributed by atoms with Crippen LogP contribution >= 0.6 is 0 Å². The average Bonchev–Trinajstić information content (AvgIpc) is 3.17. The van der Waals surface area contributed by atoms with E-state index in [4.69, 9.17) is 16.6 Å². The molecule has 8 heteroatoms. The molecule has 2 aromatic carbocycles. The van der Waals surface area contributed by atoms with Gasteiger partial charge in [0.2, 0.25) is 0 Å². The van der Waals surface area contributed by atoms with Crippen LogP contribution in [0.5, 0.6) is 0 Å². The normalized spacial score (nSPS) is 34.3. The number of nitrogens with one attached hydrogen (secondary N) is 3. The standard InChI is InChI=1S/C28H30N6O2/c29-32-24-18-28(34-31,21-9-5-2-6-10-21)26(25(24)36)11-13-27(33-30,14-12-26)22-15-20(16-23(35)17-22)19-7-3-1-4-8-19/h1-10,17,20,24,29-31H,11-16,18H2. The molecule has 5 rings (SSSR count). The van der Waals surface area contributed by atoms with Crippen LogP contribution in [0.1, 0.15) is 62.0 Å². The van der Waals surface area contributed by atoms with Crippen molar-refractivity contribution in [1.82, 2.24) is 0 Å². The van der Waals surface area contributed by atoms with Gasteiger partial charge in [0.15, 0.2) is 11.6 Å². The molecule has 0 amide bonds. The van der Waals surface area contributed by atoms with Gasteiger partial charge < -0.3 is 0 Å². The van der Waals surface area contributed by atoms with Crippen LogP contribution in [0.2, 0.25) is 0 Å². The predicted molar refractivity (Wildman–Crippen MR) is 132 cm³/mol. The Morgan fingerprint density at radius 3 is 2.00 bits per heavy atom. The van der Waals surface area contributed by atoms with Gasteiger partial charge in [-0.05, 0) is 60.8 Å². The summed E-state index contributed by atoms with van der Waals surface area (Å²) >= 11 is 0. The predicted octanol–water partition coefficient (Wildman–Crippen LogP) is 6.69. The van der Waals surface area contributed by atoms with Gasteiger partial charge in [0, 0.05) is 12.8 Å². The van der Waals surface area contributed by atoms with Gasteiger partial charge in [-0.15, -0.1) is 0 Å². The molecule has 0 saturated heterocycles. The lowest BCUT2D eigenvalue weighted by Gasteiger charge is -2.49. The lowest BCUT2D eigenvalue weighted by atomic mass is 9.56. The first kappa shape index (κ1) is 24.0. The second-order valence-corrected chi connectivity index (χ2v) is 10.4. The first-order valence-electron chi connectivity index (χ1n) is 12.5. The van der Waals surface area contributed by atoms with E-state index in [0.717, 1.165) is 16.7 Å². The highest BCUT2D eigenvalue weighted by Crippen LogP contribution is 2.63. The van der Waals surface area contributed by atoms with Crippen molar-refractivity contribution in [3.05, 3.63) is 83.4 Å². The summed E-state index contributed by atoms with van der Waals surface area (Å²) in [6.45, 7) is 0. The number of carbonyl (C=O) groups is 2. The fourth-order valence-corrected chi connectivity index (χ4v) is 6.95. The van der Waals surface area contributed by atoms with Gasteiger partial charge in [-0.3, -0.25) is 9.59 Å². The Morgan fingerprint density at radius 2 is 1.42 bits per heavy atom. The third-order valence-corrected chi connectivity index (χ3v) is 8.92. The smallest absolute Gasteiger partial charge is 0.168 e. The largest absolute Gasteiger partial charge is 0.296 e. The van der Waals surface area contributed by atoms with Crippen LogP contribution < -0.4 is 0 Å². The molecule has 2 aromatic rings. The minimum absolute atomic E-state index is 0.0400. The summed E-state index contributed by atoms with van der Waals surface area (Å²) in [5.41, 5.74) is 23.9. The van der Waals surface area contributed by atoms with E-state index in [2.05, 4.69) is 15.3 Å². The molecular weight excluding hydrogens is 452 g/mol. The minimum atomic E-state index is -1.10. The SMILES string of the molecule is N=NC1CC(N=N)(c2ccccc2)C2(CCC(N=N)(C3=CC(=O)CC(c4ccccc4)C3)CC2)C1=O. The third-order valence-electron chi connectivity index (χ3n) is 8.92. The Bertz CT molecular complexity index is 1230. The van der Waals surface area contributed by atoms with E-state index < -0.39 is 22.5 Å². The van der Waals surface area contributed by atoms with Crippen molar-refractivity contribution in [2.45, 2.75) is 68.0 Å². The van der Waals surface area contributed by atoms with E-state index in [1.165, 1.54) is 0 Å². The maximum absolute atomic E-state index is 13.7. The number of hydrogen-bond acceptors (Lipinski definition) is 8. The van der Waals surface area contributed by atoms with Gasteiger partial charge in [-0.25, -0.2) is 16.6 Å². The van der Waals surface area contributed by atoms with E-state index in [0.29, 0.717) is 38.5 Å². The van der Waals surface area contributed by atoms with Crippen molar-refractivity contribution in [2.75, 3.05) is 0 Å². The van der Waals surface area contributed by atoms with Crippen LogP contribution in [0.4, 0.5) is 0 Å². The Hall–Kier alpha value is -3.68. The average molecular weight is 483 g/mol. The Kier molecular flexibility index (Phi) is 6.06.